The number of rotatable bonds is 2. The summed E-state index contributed by atoms with van der Waals surface area (Å²) in [6, 6.07) is 28.2. The zero-order valence-corrected chi connectivity index (χ0v) is 31.5. The molecule has 0 aliphatic heterocycles. The Labute approximate surface area is 328 Å². The van der Waals surface area contributed by atoms with Crippen LogP contribution in [0, 0.1) is 0 Å². The number of aromatic nitrogens is 4. The molecule has 17 heteroatoms. The molecular weight excluding hydrogens is 816 g/mol. The standard InChI is InChI=1S/2C20H12N2O5S.Mn/c2*23-19-10-4-1-2-5-13(10)21-15-9-12-16(8-11(15)19)22-14-6-3-7-17(28(25,26)27)18(14)20(12)24;/h2*1-9H,(H,21,23)(H,22,24)(H,25,26,27);/q;;+2/p-2. The maximum absolute atomic E-state index is 13.0. The van der Waals surface area contributed by atoms with Gasteiger partial charge in [-0.05, 0) is 72.8 Å². The first kappa shape index (κ1) is 37.5. The molecule has 0 unspecified atom stereocenters. The molecule has 14 nitrogen and oxygen atoms in total. The monoisotopic (exact) mass is 837 g/mol. The number of pyridine rings is 4. The average Bonchev–Trinajstić information content (AvgIpc) is 3.17. The molecular formula is C40H22MnN4O10S2. The number of benzene rings is 6. The molecule has 0 saturated carbocycles. The van der Waals surface area contributed by atoms with Gasteiger partial charge in [0.1, 0.15) is 20.2 Å². The van der Waals surface area contributed by atoms with E-state index in [1.807, 2.05) is 0 Å². The van der Waals surface area contributed by atoms with Crippen LogP contribution in [0.2, 0.25) is 0 Å². The van der Waals surface area contributed by atoms with Crippen LogP contribution in [-0.2, 0) is 37.3 Å². The number of hydrogen-bond donors (Lipinski definition) is 4. The summed E-state index contributed by atoms with van der Waals surface area (Å²) in [4.78, 5) is 62.8. The number of nitrogens with one attached hydrogen (secondary N) is 4. The van der Waals surface area contributed by atoms with Crippen molar-refractivity contribution in [3.8, 4) is 0 Å². The average molecular weight is 838 g/mol. The summed E-state index contributed by atoms with van der Waals surface area (Å²) in [6.07, 6.45) is 0. The largest absolute Gasteiger partial charge is 2.00 e. The Bertz CT molecular complexity index is 3620. The van der Waals surface area contributed by atoms with Gasteiger partial charge in [0.05, 0.1) is 53.7 Å². The van der Waals surface area contributed by atoms with Crippen LogP contribution in [0.3, 0.4) is 0 Å². The smallest absolute Gasteiger partial charge is 0.744 e. The minimum atomic E-state index is -4.83. The molecule has 10 aromatic rings. The van der Waals surface area contributed by atoms with Crippen LogP contribution in [0.15, 0.2) is 138 Å². The molecule has 6 aromatic carbocycles. The van der Waals surface area contributed by atoms with Crippen LogP contribution in [-0.4, -0.2) is 45.9 Å². The third-order valence-electron chi connectivity index (χ3n) is 9.76. The molecule has 4 heterocycles. The normalized spacial score (nSPS) is 12.1. The molecule has 0 bridgehead atoms. The Balaban J connectivity index is 0.000000157. The van der Waals surface area contributed by atoms with Crippen molar-refractivity contribution < 1.29 is 43.0 Å². The number of H-pyrrole nitrogens is 4. The summed E-state index contributed by atoms with van der Waals surface area (Å²) in [5.74, 6) is 0. The molecule has 10 rings (SSSR count). The van der Waals surface area contributed by atoms with Crippen molar-refractivity contribution in [2.24, 2.45) is 0 Å². The summed E-state index contributed by atoms with van der Waals surface area (Å²) in [7, 11) is -9.65. The first-order valence-corrected chi connectivity index (χ1v) is 19.5. The summed E-state index contributed by atoms with van der Waals surface area (Å²) >= 11 is 0. The maximum Gasteiger partial charge on any atom is 2.00 e. The van der Waals surface area contributed by atoms with Crippen molar-refractivity contribution in [2.45, 2.75) is 9.79 Å². The summed E-state index contributed by atoms with van der Waals surface area (Å²) in [5.41, 5.74) is 1.80. The molecule has 4 aromatic heterocycles. The van der Waals surface area contributed by atoms with E-state index in [4.69, 9.17) is 0 Å². The van der Waals surface area contributed by atoms with E-state index in [9.17, 15) is 45.1 Å². The van der Waals surface area contributed by atoms with E-state index in [1.54, 1.807) is 60.7 Å². The number of fused-ring (bicyclic) bond motifs is 8. The minimum absolute atomic E-state index is 0. The molecule has 57 heavy (non-hydrogen) atoms. The van der Waals surface area contributed by atoms with Gasteiger partial charge in [-0.1, -0.05) is 36.4 Å². The van der Waals surface area contributed by atoms with Gasteiger partial charge >= 0.3 is 17.1 Å². The first-order chi connectivity index (χ1) is 26.7. The van der Waals surface area contributed by atoms with Gasteiger partial charge in [0.2, 0.25) is 0 Å². The van der Waals surface area contributed by atoms with Crippen LogP contribution in [0.25, 0.3) is 87.2 Å². The van der Waals surface area contributed by atoms with E-state index in [0.29, 0.717) is 54.6 Å². The van der Waals surface area contributed by atoms with Gasteiger partial charge in [0.25, 0.3) is 0 Å². The predicted octanol–water partition coefficient (Wildman–Crippen LogP) is 5.16. The fraction of sp³-hybridized carbons (Fsp3) is 0. The van der Waals surface area contributed by atoms with Crippen molar-refractivity contribution >= 4 is 107 Å². The third kappa shape index (κ3) is 6.09. The molecule has 0 saturated heterocycles. The second-order valence-corrected chi connectivity index (χ2v) is 15.8. The first-order valence-electron chi connectivity index (χ1n) is 16.7. The second kappa shape index (κ2) is 13.3. The number of aromatic amines is 4. The van der Waals surface area contributed by atoms with Gasteiger partial charge in [-0.3, -0.25) is 19.2 Å². The molecule has 4 N–H and O–H groups in total. The fourth-order valence-electron chi connectivity index (χ4n) is 7.24. The molecule has 0 aliphatic carbocycles. The van der Waals surface area contributed by atoms with E-state index in [0.717, 1.165) is 12.1 Å². The van der Waals surface area contributed by atoms with Gasteiger partial charge in [0.15, 0.2) is 21.7 Å². The molecule has 1 radical (unpaired) electrons. The molecule has 0 spiro atoms. The minimum Gasteiger partial charge on any atom is -0.744 e. The van der Waals surface area contributed by atoms with Crippen molar-refractivity contribution in [1.82, 2.24) is 19.9 Å². The van der Waals surface area contributed by atoms with E-state index >= 15 is 0 Å². The van der Waals surface area contributed by atoms with Crippen molar-refractivity contribution in [3.63, 3.8) is 0 Å². The van der Waals surface area contributed by atoms with Gasteiger partial charge in [-0.25, -0.2) is 16.8 Å². The quantitative estimate of drug-likeness (QED) is 0.101. The van der Waals surface area contributed by atoms with Crippen LogP contribution in [0.4, 0.5) is 0 Å². The van der Waals surface area contributed by atoms with E-state index in [2.05, 4.69) is 19.9 Å². The zero-order valence-electron chi connectivity index (χ0n) is 28.7. The second-order valence-electron chi connectivity index (χ2n) is 13.1. The maximum atomic E-state index is 13.0. The molecule has 281 valence electrons. The van der Waals surface area contributed by atoms with Gasteiger partial charge < -0.3 is 29.0 Å². The summed E-state index contributed by atoms with van der Waals surface area (Å²) in [5, 5.41) is 1.83. The van der Waals surface area contributed by atoms with Crippen LogP contribution >= 0.6 is 0 Å². The topological polar surface area (TPSA) is 246 Å². The summed E-state index contributed by atoms with van der Waals surface area (Å²) in [6.45, 7) is 0. The Morgan fingerprint density at radius 3 is 1.00 bits per heavy atom. The van der Waals surface area contributed by atoms with E-state index in [-0.39, 0.29) is 60.5 Å². The Hall–Kier alpha value is -6.46. The van der Waals surface area contributed by atoms with E-state index in [1.165, 1.54) is 36.4 Å². The molecule has 0 aliphatic rings. The third-order valence-corrected chi connectivity index (χ3v) is 11.5. The van der Waals surface area contributed by atoms with Crippen LogP contribution < -0.4 is 21.7 Å². The van der Waals surface area contributed by atoms with Crippen molar-refractivity contribution in [1.29, 1.82) is 0 Å². The fourth-order valence-corrected chi connectivity index (χ4v) is 8.64. The molecule has 0 atom stereocenters. The van der Waals surface area contributed by atoms with Crippen molar-refractivity contribution in [2.75, 3.05) is 0 Å². The molecule has 0 fully saturated rings. The van der Waals surface area contributed by atoms with Gasteiger partial charge in [-0.15, -0.1) is 0 Å². The zero-order chi connectivity index (χ0) is 39.3. The number of para-hydroxylation sites is 2. The van der Waals surface area contributed by atoms with Gasteiger partial charge in [0, 0.05) is 43.4 Å². The molecule has 0 amide bonds. The Kier molecular flexibility index (Phi) is 8.77. The van der Waals surface area contributed by atoms with Gasteiger partial charge in [-0.2, -0.15) is 0 Å². The summed E-state index contributed by atoms with van der Waals surface area (Å²) < 4.78 is 69.5. The number of hydrogen-bond acceptors (Lipinski definition) is 10. The Morgan fingerprint density at radius 1 is 0.351 bits per heavy atom. The van der Waals surface area contributed by atoms with Crippen LogP contribution in [0.5, 0.6) is 0 Å². The Morgan fingerprint density at radius 2 is 0.649 bits per heavy atom. The SMILES string of the molecule is O=c1c2ccccc2[nH]c2cc3c(=O)c4c(S(=O)(=O)[O-])cccc4[nH]c3cc12.O=c1c2ccccc2[nH]c2cc3c(=O)c4c(S(=O)(=O)[O-])cccc4[nH]c3cc12.[Mn+2]. The van der Waals surface area contributed by atoms with Crippen molar-refractivity contribution in [3.05, 3.63) is 150 Å². The van der Waals surface area contributed by atoms with Crippen LogP contribution in [0.1, 0.15) is 0 Å². The van der Waals surface area contributed by atoms with E-state index < -0.39 is 40.9 Å². The predicted molar refractivity (Wildman–Crippen MR) is 211 cm³/mol.